The van der Waals surface area contributed by atoms with Crippen LogP contribution in [0, 0.1) is 0 Å². The summed E-state index contributed by atoms with van der Waals surface area (Å²) in [6.45, 7) is 4.65. The van der Waals surface area contributed by atoms with Gasteiger partial charge >= 0.3 is 0 Å². The van der Waals surface area contributed by atoms with Gasteiger partial charge in [-0.25, -0.2) is 0 Å². The Morgan fingerprint density at radius 3 is 2.87 bits per heavy atom. The van der Waals surface area contributed by atoms with Crippen LogP contribution in [0.4, 0.5) is 0 Å². The molecular formula is C12H14ClNO. The molecule has 0 spiro atoms. The molecule has 1 aromatic carbocycles. The minimum Gasteiger partial charge on any atom is -0.373 e. The number of nitrogens with one attached hydrogen (secondary N) is 1. The van der Waals surface area contributed by atoms with Gasteiger partial charge < -0.3 is 9.72 Å². The zero-order chi connectivity index (χ0) is 10.8. The fraction of sp³-hybridized carbons (Fsp3) is 0.333. The Hall–Kier alpha value is -0.990. The van der Waals surface area contributed by atoms with Crippen LogP contribution >= 0.6 is 11.6 Å². The predicted molar refractivity (Wildman–Crippen MR) is 63.2 cm³/mol. The molecule has 0 aliphatic carbocycles. The first-order valence-electron chi connectivity index (χ1n) is 5.04. The van der Waals surface area contributed by atoms with Gasteiger partial charge in [0.25, 0.3) is 0 Å². The number of hydrogen-bond donors (Lipinski definition) is 1. The highest BCUT2D eigenvalue weighted by Crippen LogP contribution is 2.24. The van der Waals surface area contributed by atoms with Crippen LogP contribution in [0.3, 0.4) is 0 Å². The monoisotopic (exact) mass is 223 g/mol. The van der Waals surface area contributed by atoms with E-state index in [2.05, 4.69) is 4.98 Å². The zero-order valence-electron chi connectivity index (χ0n) is 8.88. The Kier molecular flexibility index (Phi) is 2.98. The maximum Gasteiger partial charge on any atom is 0.0869 e. The van der Waals surface area contributed by atoms with Crippen LogP contribution in [0.2, 0.25) is 5.02 Å². The first-order valence-corrected chi connectivity index (χ1v) is 5.42. The molecule has 1 N–H and O–H groups in total. The molecule has 3 heteroatoms. The molecule has 2 nitrogen and oxygen atoms in total. The minimum atomic E-state index is 0.242. The van der Waals surface area contributed by atoms with Gasteiger partial charge in [0.15, 0.2) is 0 Å². The van der Waals surface area contributed by atoms with Gasteiger partial charge in [-0.1, -0.05) is 17.7 Å². The molecule has 2 aromatic rings. The average molecular weight is 224 g/mol. The summed E-state index contributed by atoms with van der Waals surface area (Å²) in [6.07, 6.45) is 0.242. The third-order valence-electron chi connectivity index (χ3n) is 2.24. The van der Waals surface area contributed by atoms with E-state index in [1.165, 1.54) is 0 Å². The molecule has 1 heterocycles. The molecule has 0 bridgehead atoms. The van der Waals surface area contributed by atoms with E-state index in [-0.39, 0.29) is 6.10 Å². The third-order valence-corrected chi connectivity index (χ3v) is 2.57. The van der Waals surface area contributed by atoms with E-state index < -0.39 is 0 Å². The van der Waals surface area contributed by atoms with Gasteiger partial charge in [-0.2, -0.15) is 0 Å². The van der Waals surface area contributed by atoms with Crippen molar-refractivity contribution in [2.45, 2.75) is 26.6 Å². The van der Waals surface area contributed by atoms with Crippen LogP contribution in [-0.4, -0.2) is 11.1 Å². The van der Waals surface area contributed by atoms with E-state index in [1.54, 1.807) is 0 Å². The van der Waals surface area contributed by atoms with Crippen molar-refractivity contribution in [1.29, 1.82) is 0 Å². The van der Waals surface area contributed by atoms with Crippen molar-refractivity contribution >= 4 is 22.5 Å². The maximum absolute atomic E-state index is 6.07. The summed E-state index contributed by atoms with van der Waals surface area (Å²) in [4.78, 5) is 3.28. The second-order valence-electron chi connectivity index (χ2n) is 3.86. The van der Waals surface area contributed by atoms with Crippen LogP contribution in [0.15, 0.2) is 24.3 Å². The summed E-state index contributed by atoms with van der Waals surface area (Å²) in [5.41, 5.74) is 2.12. The molecule has 0 amide bonds. The van der Waals surface area contributed by atoms with Gasteiger partial charge in [0.05, 0.1) is 12.7 Å². The van der Waals surface area contributed by atoms with Crippen LogP contribution in [0.25, 0.3) is 10.9 Å². The lowest BCUT2D eigenvalue weighted by molar-refractivity contribution is 0.0639. The number of aromatic amines is 1. The number of fused-ring (bicyclic) bond motifs is 1. The third kappa shape index (κ3) is 2.33. The summed E-state index contributed by atoms with van der Waals surface area (Å²) in [5.74, 6) is 0. The van der Waals surface area contributed by atoms with E-state index in [0.717, 1.165) is 21.6 Å². The second kappa shape index (κ2) is 4.25. The molecule has 0 saturated carbocycles. The normalized spacial score (nSPS) is 11.5. The van der Waals surface area contributed by atoms with Gasteiger partial charge in [-0.3, -0.25) is 0 Å². The number of benzene rings is 1. The molecule has 0 aliphatic rings. The molecule has 0 atom stereocenters. The SMILES string of the molecule is CC(C)OCc1cc2c(Cl)cccc2[nH]1. The lowest BCUT2D eigenvalue weighted by Crippen LogP contribution is -2.02. The fourth-order valence-corrected chi connectivity index (χ4v) is 1.74. The van der Waals surface area contributed by atoms with Crippen LogP contribution in [0.5, 0.6) is 0 Å². The zero-order valence-corrected chi connectivity index (χ0v) is 9.64. The van der Waals surface area contributed by atoms with E-state index >= 15 is 0 Å². The van der Waals surface area contributed by atoms with Crippen LogP contribution < -0.4 is 0 Å². The number of H-pyrrole nitrogens is 1. The summed E-state index contributed by atoms with van der Waals surface area (Å²) < 4.78 is 5.52. The van der Waals surface area contributed by atoms with Crippen molar-refractivity contribution in [3.8, 4) is 0 Å². The Labute approximate surface area is 94.2 Å². The molecule has 0 aliphatic heterocycles. The highest BCUT2D eigenvalue weighted by atomic mass is 35.5. The van der Waals surface area contributed by atoms with Crippen LogP contribution in [-0.2, 0) is 11.3 Å². The van der Waals surface area contributed by atoms with Crippen molar-refractivity contribution in [2.75, 3.05) is 0 Å². The van der Waals surface area contributed by atoms with Gasteiger partial charge in [0, 0.05) is 21.6 Å². The molecular weight excluding hydrogens is 210 g/mol. The Bertz CT molecular complexity index is 462. The smallest absolute Gasteiger partial charge is 0.0869 e. The van der Waals surface area contributed by atoms with Crippen molar-refractivity contribution in [2.24, 2.45) is 0 Å². The lowest BCUT2D eigenvalue weighted by Gasteiger charge is -2.04. The summed E-state index contributed by atoms with van der Waals surface area (Å²) in [7, 11) is 0. The highest BCUT2D eigenvalue weighted by Gasteiger charge is 2.04. The molecule has 0 unspecified atom stereocenters. The van der Waals surface area contributed by atoms with E-state index in [0.29, 0.717) is 6.61 Å². The van der Waals surface area contributed by atoms with Gasteiger partial charge in [-0.05, 0) is 32.0 Å². The molecule has 2 rings (SSSR count). The van der Waals surface area contributed by atoms with Crippen LogP contribution in [0.1, 0.15) is 19.5 Å². The number of ether oxygens (including phenoxy) is 1. The molecule has 80 valence electrons. The number of halogens is 1. The van der Waals surface area contributed by atoms with Gasteiger partial charge in [0.1, 0.15) is 0 Å². The molecule has 0 fully saturated rings. The molecule has 0 radical (unpaired) electrons. The number of hydrogen-bond acceptors (Lipinski definition) is 1. The summed E-state index contributed by atoms with van der Waals surface area (Å²) >= 11 is 6.07. The minimum absolute atomic E-state index is 0.242. The van der Waals surface area contributed by atoms with Crippen molar-refractivity contribution in [3.63, 3.8) is 0 Å². The van der Waals surface area contributed by atoms with Crippen molar-refractivity contribution in [3.05, 3.63) is 35.0 Å². The Balaban J connectivity index is 2.27. The standard InChI is InChI=1S/C12H14ClNO/c1-8(2)15-7-9-6-10-11(13)4-3-5-12(10)14-9/h3-6,8,14H,7H2,1-2H3. The Morgan fingerprint density at radius 1 is 1.40 bits per heavy atom. The average Bonchev–Trinajstić information content (AvgIpc) is 2.59. The van der Waals surface area contributed by atoms with E-state index in [9.17, 15) is 0 Å². The fourth-order valence-electron chi connectivity index (χ4n) is 1.51. The quantitative estimate of drug-likeness (QED) is 0.843. The maximum atomic E-state index is 6.07. The Morgan fingerprint density at radius 2 is 2.20 bits per heavy atom. The first kappa shape index (κ1) is 10.5. The second-order valence-corrected chi connectivity index (χ2v) is 4.26. The van der Waals surface area contributed by atoms with E-state index in [4.69, 9.17) is 16.3 Å². The number of aromatic nitrogens is 1. The first-order chi connectivity index (χ1) is 7.16. The molecule has 1 aromatic heterocycles. The molecule has 15 heavy (non-hydrogen) atoms. The predicted octanol–water partition coefficient (Wildman–Crippen LogP) is 3.75. The van der Waals surface area contributed by atoms with Gasteiger partial charge in [-0.15, -0.1) is 0 Å². The topological polar surface area (TPSA) is 25.0 Å². The summed E-state index contributed by atoms with van der Waals surface area (Å²) in [5, 5.41) is 1.83. The lowest BCUT2D eigenvalue weighted by atomic mass is 10.2. The van der Waals surface area contributed by atoms with E-state index in [1.807, 2.05) is 38.1 Å². The largest absolute Gasteiger partial charge is 0.373 e. The highest BCUT2D eigenvalue weighted by molar-refractivity contribution is 6.35. The molecule has 0 saturated heterocycles. The summed E-state index contributed by atoms with van der Waals surface area (Å²) in [6, 6.07) is 7.89. The van der Waals surface area contributed by atoms with Crippen molar-refractivity contribution in [1.82, 2.24) is 4.98 Å². The van der Waals surface area contributed by atoms with Crippen molar-refractivity contribution < 1.29 is 4.74 Å². The number of rotatable bonds is 3. The van der Waals surface area contributed by atoms with Gasteiger partial charge in [0.2, 0.25) is 0 Å².